The van der Waals surface area contributed by atoms with Crippen LogP contribution in [-0.2, 0) is 4.79 Å². The molecule has 0 aliphatic heterocycles. The molecule has 0 saturated carbocycles. The number of rotatable bonds is 7. The van der Waals surface area contributed by atoms with Crippen molar-refractivity contribution in [2.24, 2.45) is 5.41 Å². The Morgan fingerprint density at radius 1 is 1.32 bits per heavy atom. The van der Waals surface area contributed by atoms with Gasteiger partial charge >= 0.3 is 5.97 Å². The van der Waals surface area contributed by atoms with Gasteiger partial charge in [-0.1, -0.05) is 13.3 Å². The van der Waals surface area contributed by atoms with E-state index in [0.717, 1.165) is 12.1 Å². The molecule has 1 unspecified atom stereocenters. The molecular formula is C15H22FNO2. The largest absolute Gasteiger partial charge is 0.481 e. The van der Waals surface area contributed by atoms with Gasteiger partial charge in [0.15, 0.2) is 0 Å². The van der Waals surface area contributed by atoms with Crippen molar-refractivity contribution in [3.8, 4) is 0 Å². The number of nitrogens with zero attached hydrogens (tertiary/aromatic N) is 1. The van der Waals surface area contributed by atoms with E-state index in [-0.39, 0.29) is 5.82 Å². The Kier molecular flexibility index (Phi) is 5.33. The van der Waals surface area contributed by atoms with Gasteiger partial charge in [0.1, 0.15) is 5.82 Å². The van der Waals surface area contributed by atoms with Gasteiger partial charge in [-0.15, -0.1) is 0 Å². The first-order chi connectivity index (χ1) is 8.92. The average molecular weight is 267 g/mol. The Bertz CT molecular complexity index is 419. The number of halogens is 1. The van der Waals surface area contributed by atoms with Gasteiger partial charge in [-0.25, -0.2) is 4.39 Å². The van der Waals surface area contributed by atoms with Crippen molar-refractivity contribution < 1.29 is 14.3 Å². The third-order valence-corrected chi connectivity index (χ3v) is 3.43. The summed E-state index contributed by atoms with van der Waals surface area (Å²) in [5.74, 6) is -1.07. The zero-order valence-corrected chi connectivity index (χ0v) is 11.8. The number of benzene rings is 1. The number of carboxylic acid groups (broad SMARTS) is 1. The first-order valence-corrected chi connectivity index (χ1v) is 6.67. The summed E-state index contributed by atoms with van der Waals surface area (Å²) in [6.45, 7) is 6.84. The molecule has 1 atom stereocenters. The zero-order chi connectivity index (χ0) is 14.5. The van der Waals surface area contributed by atoms with Crippen molar-refractivity contribution >= 4 is 11.7 Å². The Labute approximate surface area is 114 Å². The molecule has 0 aliphatic carbocycles. The van der Waals surface area contributed by atoms with Crippen LogP contribution in [0.25, 0.3) is 0 Å². The van der Waals surface area contributed by atoms with Crippen molar-refractivity contribution in [1.82, 2.24) is 0 Å². The lowest BCUT2D eigenvalue weighted by molar-refractivity contribution is -0.147. The lowest BCUT2D eigenvalue weighted by atomic mass is 9.85. The first kappa shape index (κ1) is 15.5. The smallest absolute Gasteiger partial charge is 0.311 e. The second-order valence-electron chi connectivity index (χ2n) is 5.11. The third-order valence-electron chi connectivity index (χ3n) is 3.43. The van der Waals surface area contributed by atoms with Crippen molar-refractivity contribution in [2.45, 2.75) is 33.6 Å². The number of carbonyl (C=O) groups is 1. The minimum Gasteiger partial charge on any atom is -0.481 e. The van der Waals surface area contributed by atoms with Crippen LogP contribution in [0.1, 0.15) is 33.6 Å². The van der Waals surface area contributed by atoms with Gasteiger partial charge in [0.25, 0.3) is 0 Å². The molecule has 4 heteroatoms. The molecule has 3 nitrogen and oxygen atoms in total. The van der Waals surface area contributed by atoms with Gasteiger partial charge in [0, 0.05) is 18.8 Å². The van der Waals surface area contributed by atoms with Gasteiger partial charge in [-0.3, -0.25) is 4.79 Å². The maximum absolute atomic E-state index is 12.9. The second kappa shape index (κ2) is 6.55. The van der Waals surface area contributed by atoms with Crippen LogP contribution in [0.3, 0.4) is 0 Å². The van der Waals surface area contributed by atoms with Crippen LogP contribution in [0, 0.1) is 11.2 Å². The summed E-state index contributed by atoms with van der Waals surface area (Å²) in [6.07, 6.45) is 1.45. The zero-order valence-electron chi connectivity index (χ0n) is 11.8. The summed E-state index contributed by atoms with van der Waals surface area (Å²) in [6, 6.07) is 6.17. The molecule has 0 spiro atoms. The predicted octanol–water partition coefficient (Wildman–Crippen LogP) is 3.54. The van der Waals surface area contributed by atoms with Gasteiger partial charge in [-0.2, -0.15) is 0 Å². The van der Waals surface area contributed by atoms with E-state index in [1.807, 2.05) is 18.7 Å². The summed E-state index contributed by atoms with van der Waals surface area (Å²) in [5, 5.41) is 9.41. The van der Waals surface area contributed by atoms with E-state index in [0.29, 0.717) is 19.5 Å². The summed E-state index contributed by atoms with van der Waals surface area (Å²) < 4.78 is 12.9. The fourth-order valence-corrected chi connectivity index (χ4v) is 2.26. The molecule has 1 aromatic carbocycles. The normalized spacial score (nSPS) is 13.9. The summed E-state index contributed by atoms with van der Waals surface area (Å²) in [4.78, 5) is 13.4. The first-order valence-electron chi connectivity index (χ1n) is 6.67. The number of aliphatic carboxylic acids is 1. The topological polar surface area (TPSA) is 40.5 Å². The standard InChI is InChI=1S/C15H22FNO2/c1-4-10-15(3,14(18)19)11-17(5-2)13-8-6-12(16)7-9-13/h6-9H,4-5,10-11H2,1-3H3,(H,18,19). The molecule has 0 radical (unpaired) electrons. The van der Waals surface area contributed by atoms with Gasteiger partial charge in [0.2, 0.25) is 0 Å². The van der Waals surface area contributed by atoms with Crippen LogP contribution in [0.4, 0.5) is 10.1 Å². The highest BCUT2D eigenvalue weighted by Gasteiger charge is 2.34. The highest BCUT2D eigenvalue weighted by molar-refractivity contribution is 5.75. The van der Waals surface area contributed by atoms with Crippen LogP contribution >= 0.6 is 0 Å². The molecule has 0 aromatic heterocycles. The molecule has 19 heavy (non-hydrogen) atoms. The molecular weight excluding hydrogens is 245 g/mol. The molecule has 0 bridgehead atoms. The quantitative estimate of drug-likeness (QED) is 0.821. The Balaban J connectivity index is 2.91. The lowest BCUT2D eigenvalue weighted by Crippen LogP contribution is -2.41. The Hall–Kier alpha value is -1.58. The molecule has 106 valence electrons. The predicted molar refractivity (Wildman–Crippen MR) is 74.9 cm³/mol. The Morgan fingerprint density at radius 3 is 2.32 bits per heavy atom. The van der Waals surface area contributed by atoms with Crippen LogP contribution in [0.5, 0.6) is 0 Å². The van der Waals surface area contributed by atoms with Gasteiger partial charge in [-0.05, 0) is 44.5 Å². The van der Waals surface area contributed by atoms with E-state index in [2.05, 4.69) is 0 Å². The molecule has 1 N–H and O–H groups in total. The SMILES string of the molecule is CCCC(C)(CN(CC)c1ccc(F)cc1)C(=O)O. The van der Waals surface area contributed by atoms with Crippen molar-refractivity contribution in [2.75, 3.05) is 18.0 Å². The van der Waals surface area contributed by atoms with E-state index >= 15 is 0 Å². The van der Waals surface area contributed by atoms with E-state index in [4.69, 9.17) is 0 Å². The Morgan fingerprint density at radius 2 is 1.89 bits per heavy atom. The molecule has 1 rings (SSSR count). The maximum atomic E-state index is 12.9. The highest BCUT2D eigenvalue weighted by Crippen LogP contribution is 2.27. The molecule has 0 heterocycles. The summed E-state index contributed by atoms with van der Waals surface area (Å²) in [7, 11) is 0. The highest BCUT2D eigenvalue weighted by atomic mass is 19.1. The number of anilines is 1. The molecule has 0 fully saturated rings. The summed E-state index contributed by atoms with van der Waals surface area (Å²) in [5.41, 5.74) is 0.0755. The average Bonchev–Trinajstić information content (AvgIpc) is 2.37. The van der Waals surface area contributed by atoms with Crippen molar-refractivity contribution in [3.63, 3.8) is 0 Å². The number of carboxylic acids is 1. The molecule has 0 saturated heterocycles. The third kappa shape index (κ3) is 3.94. The van der Waals surface area contributed by atoms with Crippen molar-refractivity contribution in [3.05, 3.63) is 30.1 Å². The minimum absolute atomic E-state index is 0.283. The second-order valence-corrected chi connectivity index (χ2v) is 5.11. The molecule has 0 aliphatic rings. The van der Waals surface area contributed by atoms with Gasteiger partial charge < -0.3 is 10.0 Å². The van der Waals surface area contributed by atoms with E-state index < -0.39 is 11.4 Å². The van der Waals surface area contributed by atoms with Crippen LogP contribution in [0.2, 0.25) is 0 Å². The molecule has 0 amide bonds. The number of hydrogen-bond acceptors (Lipinski definition) is 2. The van der Waals surface area contributed by atoms with Crippen LogP contribution in [0.15, 0.2) is 24.3 Å². The summed E-state index contributed by atoms with van der Waals surface area (Å²) >= 11 is 0. The number of hydrogen-bond donors (Lipinski definition) is 1. The fourth-order valence-electron chi connectivity index (χ4n) is 2.26. The lowest BCUT2D eigenvalue weighted by Gasteiger charge is -2.33. The minimum atomic E-state index is -0.782. The van der Waals surface area contributed by atoms with E-state index in [9.17, 15) is 14.3 Å². The fraction of sp³-hybridized carbons (Fsp3) is 0.533. The monoisotopic (exact) mass is 267 g/mol. The van der Waals surface area contributed by atoms with Gasteiger partial charge in [0.05, 0.1) is 5.41 Å². The van der Waals surface area contributed by atoms with E-state index in [1.165, 1.54) is 12.1 Å². The van der Waals surface area contributed by atoms with E-state index in [1.54, 1.807) is 19.1 Å². The van der Waals surface area contributed by atoms with Crippen LogP contribution < -0.4 is 4.90 Å². The van der Waals surface area contributed by atoms with Crippen LogP contribution in [-0.4, -0.2) is 24.2 Å². The molecule has 1 aromatic rings. The maximum Gasteiger partial charge on any atom is 0.311 e. The van der Waals surface area contributed by atoms with Crippen molar-refractivity contribution in [1.29, 1.82) is 0 Å².